The number of amides is 1. The van der Waals surface area contributed by atoms with Crippen LogP contribution in [0.4, 0.5) is 5.69 Å². The Morgan fingerprint density at radius 2 is 2.00 bits per heavy atom. The van der Waals surface area contributed by atoms with Crippen molar-refractivity contribution in [3.8, 4) is 5.75 Å². The quantitative estimate of drug-likeness (QED) is 0.761. The lowest BCUT2D eigenvalue weighted by Gasteiger charge is -2.37. The standard InChI is InChI=1S/C22H24N4O2/c1-25-20-7-6-17(14-16(20)15-23-25)28-13-12-26-10-8-22(9-11-26)18-4-2-3-5-19(18)24-21(22)27/h2-7,14-15H,8-13H2,1H3,(H,24,27). The minimum atomic E-state index is -0.348. The Morgan fingerprint density at radius 1 is 1.18 bits per heavy atom. The third-order valence-electron chi connectivity index (χ3n) is 6.23. The van der Waals surface area contributed by atoms with E-state index >= 15 is 0 Å². The van der Waals surface area contributed by atoms with Gasteiger partial charge >= 0.3 is 0 Å². The van der Waals surface area contributed by atoms with Crippen molar-refractivity contribution >= 4 is 22.5 Å². The van der Waals surface area contributed by atoms with Gasteiger partial charge in [-0.15, -0.1) is 0 Å². The lowest BCUT2D eigenvalue weighted by atomic mass is 9.74. The van der Waals surface area contributed by atoms with E-state index in [2.05, 4.69) is 21.4 Å². The van der Waals surface area contributed by atoms with Gasteiger partial charge < -0.3 is 10.1 Å². The van der Waals surface area contributed by atoms with Gasteiger partial charge in [0.05, 0.1) is 17.1 Å². The highest BCUT2D eigenvalue weighted by atomic mass is 16.5. The second-order valence-electron chi connectivity index (χ2n) is 7.76. The number of carbonyl (C=O) groups excluding carboxylic acids is 1. The van der Waals surface area contributed by atoms with Gasteiger partial charge in [-0.2, -0.15) is 5.10 Å². The molecule has 3 aromatic rings. The van der Waals surface area contributed by atoms with Crippen molar-refractivity contribution in [3.63, 3.8) is 0 Å². The third-order valence-corrected chi connectivity index (χ3v) is 6.23. The number of rotatable bonds is 4. The Bertz CT molecular complexity index is 1030. The molecule has 1 fully saturated rings. The molecule has 6 heteroatoms. The van der Waals surface area contributed by atoms with Crippen molar-refractivity contribution in [2.45, 2.75) is 18.3 Å². The molecule has 5 rings (SSSR count). The molecule has 28 heavy (non-hydrogen) atoms. The highest BCUT2D eigenvalue weighted by Crippen LogP contribution is 2.44. The lowest BCUT2D eigenvalue weighted by Crippen LogP contribution is -2.47. The van der Waals surface area contributed by atoms with Crippen molar-refractivity contribution in [1.29, 1.82) is 0 Å². The van der Waals surface area contributed by atoms with Gasteiger partial charge in [0.1, 0.15) is 12.4 Å². The number of anilines is 1. The number of para-hydroxylation sites is 1. The summed E-state index contributed by atoms with van der Waals surface area (Å²) in [6.07, 6.45) is 3.58. The monoisotopic (exact) mass is 376 g/mol. The predicted octanol–water partition coefficient (Wildman–Crippen LogP) is 2.94. The predicted molar refractivity (Wildman–Crippen MR) is 109 cm³/mol. The summed E-state index contributed by atoms with van der Waals surface area (Å²) in [5.41, 5.74) is 2.90. The van der Waals surface area contributed by atoms with Crippen LogP contribution in [0, 0.1) is 0 Å². The number of hydrogen-bond acceptors (Lipinski definition) is 4. The SMILES string of the molecule is Cn1ncc2cc(OCCN3CCC4(CC3)C(=O)Nc3ccccc34)ccc21. The molecule has 6 nitrogen and oxygen atoms in total. The summed E-state index contributed by atoms with van der Waals surface area (Å²) in [7, 11) is 1.94. The summed E-state index contributed by atoms with van der Waals surface area (Å²) in [6, 6.07) is 14.2. The average Bonchev–Trinajstić information content (AvgIpc) is 3.21. The van der Waals surface area contributed by atoms with Crippen LogP contribution >= 0.6 is 0 Å². The van der Waals surface area contributed by atoms with Crippen LogP contribution in [0.15, 0.2) is 48.7 Å². The maximum Gasteiger partial charge on any atom is 0.235 e. The van der Waals surface area contributed by atoms with Crippen LogP contribution in [-0.2, 0) is 17.3 Å². The zero-order valence-corrected chi connectivity index (χ0v) is 16.0. The molecule has 1 saturated heterocycles. The Morgan fingerprint density at radius 3 is 2.86 bits per heavy atom. The third kappa shape index (κ3) is 2.76. The Kier molecular flexibility index (Phi) is 4.09. The molecule has 3 heterocycles. The summed E-state index contributed by atoms with van der Waals surface area (Å²) in [4.78, 5) is 15.1. The molecule has 0 unspecified atom stereocenters. The van der Waals surface area contributed by atoms with Crippen molar-refractivity contribution in [2.75, 3.05) is 31.6 Å². The van der Waals surface area contributed by atoms with Crippen molar-refractivity contribution in [2.24, 2.45) is 7.05 Å². The van der Waals surface area contributed by atoms with E-state index in [1.165, 1.54) is 5.56 Å². The fourth-order valence-corrected chi connectivity index (χ4v) is 4.55. The van der Waals surface area contributed by atoms with E-state index in [4.69, 9.17) is 4.74 Å². The molecule has 1 amide bonds. The fraction of sp³-hybridized carbons (Fsp3) is 0.364. The van der Waals surface area contributed by atoms with Gasteiger partial charge in [0.25, 0.3) is 0 Å². The Balaban J connectivity index is 1.18. The van der Waals surface area contributed by atoms with Crippen molar-refractivity contribution < 1.29 is 9.53 Å². The second kappa shape index (κ2) is 6.63. The largest absolute Gasteiger partial charge is 0.492 e. The summed E-state index contributed by atoms with van der Waals surface area (Å²) < 4.78 is 7.82. The average molecular weight is 376 g/mol. The van der Waals surface area contributed by atoms with Gasteiger partial charge in [-0.1, -0.05) is 18.2 Å². The van der Waals surface area contributed by atoms with E-state index in [1.807, 2.05) is 54.3 Å². The first-order valence-corrected chi connectivity index (χ1v) is 9.84. The summed E-state index contributed by atoms with van der Waals surface area (Å²) >= 11 is 0. The van der Waals surface area contributed by atoms with Crippen LogP contribution in [0.3, 0.4) is 0 Å². The Hall–Kier alpha value is -2.86. The maximum atomic E-state index is 12.7. The number of fused-ring (bicyclic) bond motifs is 3. The van der Waals surface area contributed by atoms with Gasteiger partial charge in [0.15, 0.2) is 0 Å². The normalized spacial score (nSPS) is 18.4. The molecule has 2 aliphatic rings. The number of benzene rings is 2. The number of piperidine rings is 1. The van der Waals surface area contributed by atoms with E-state index < -0.39 is 0 Å². The number of ether oxygens (including phenoxy) is 1. The number of hydrogen-bond donors (Lipinski definition) is 1. The minimum absolute atomic E-state index is 0.161. The molecular weight excluding hydrogens is 352 g/mol. The lowest BCUT2D eigenvalue weighted by molar-refractivity contribution is -0.122. The first-order chi connectivity index (χ1) is 13.7. The van der Waals surface area contributed by atoms with Crippen LogP contribution in [0.2, 0.25) is 0 Å². The topological polar surface area (TPSA) is 59.4 Å². The van der Waals surface area contributed by atoms with E-state index in [1.54, 1.807) is 0 Å². The molecule has 0 radical (unpaired) electrons. The van der Waals surface area contributed by atoms with Crippen LogP contribution in [0.5, 0.6) is 5.75 Å². The highest BCUT2D eigenvalue weighted by Gasteiger charge is 2.48. The van der Waals surface area contributed by atoms with Gasteiger partial charge in [-0.25, -0.2) is 0 Å². The van der Waals surface area contributed by atoms with E-state index in [0.29, 0.717) is 6.61 Å². The molecule has 2 aliphatic heterocycles. The van der Waals surface area contributed by atoms with Gasteiger partial charge in [0.2, 0.25) is 5.91 Å². The Labute approximate surface area is 164 Å². The highest BCUT2D eigenvalue weighted by molar-refractivity contribution is 6.06. The minimum Gasteiger partial charge on any atom is -0.492 e. The van der Waals surface area contributed by atoms with Crippen LogP contribution < -0.4 is 10.1 Å². The number of carbonyl (C=O) groups is 1. The smallest absolute Gasteiger partial charge is 0.235 e. The zero-order chi connectivity index (χ0) is 19.1. The van der Waals surface area contributed by atoms with Gasteiger partial charge in [-0.3, -0.25) is 14.4 Å². The number of nitrogens with one attached hydrogen (secondary N) is 1. The van der Waals surface area contributed by atoms with Crippen LogP contribution in [-0.4, -0.2) is 46.8 Å². The molecule has 0 aliphatic carbocycles. The van der Waals surface area contributed by atoms with Crippen molar-refractivity contribution in [1.82, 2.24) is 14.7 Å². The molecule has 2 aromatic carbocycles. The maximum absolute atomic E-state index is 12.7. The molecule has 1 N–H and O–H groups in total. The number of aromatic nitrogens is 2. The fourth-order valence-electron chi connectivity index (χ4n) is 4.55. The van der Waals surface area contributed by atoms with Crippen LogP contribution in [0.1, 0.15) is 18.4 Å². The molecule has 1 spiro atoms. The molecule has 0 saturated carbocycles. The molecule has 0 atom stereocenters. The molecule has 0 bridgehead atoms. The molecule has 1 aromatic heterocycles. The second-order valence-corrected chi connectivity index (χ2v) is 7.76. The van der Waals surface area contributed by atoms with E-state index in [-0.39, 0.29) is 11.3 Å². The molecular formula is C22H24N4O2. The summed E-state index contributed by atoms with van der Waals surface area (Å²) in [6.45, 7) is 3.32. The molecule has 144 valence electrons. The number of aryl methyl sites for hydroxylation is 1. The van der Waals surface area contributed by atoms with Gasteiger partial charge in [0, 0.05) is 24.7 Å². The zero-order valence-electron chi connectivity index (χ0n) is 16.0. The number of likely N-dealkylation sites (tertiary alicyclic amines) is 1. The summed E-state index contributed by atoms with van der Waals surface area (Å²) in [5, 5.41) is 8.42. The van der Waals surface area contributed by atoms with Crippen LogP contribution in [0.25, 0.3) is 10.9 Å². The van der Waals surface area contributed by atoms with Crippen molar-refractivity contribution in [3.05, 3.63) is 54.2 Å². The summed E-state index contributed by atoms with van der Waals surface area (Å²) in [5.74, 6) is 1.03. The van der Waals surface area contributed by atoms with E-state index in [0.717, 1.165) is 54.8 Å². The first kappa shape index (κ1) is 17.3. The van der Waals surface area contributed by atoms with E-state index in [9.17, 15) is 4.79 Å². The van der Waals surface area contributed by atoms with Gasteiger partial charge in [-0.05, 0) is 55.8 Å². The first-order valence-electron chi connectivity index (χ1n) is 9.84. The number of nitrogens with zero attached hydrogens (tertiary/aromatic N) is 3.